The van der Waals surface area contributed by atoms with Gasteiger partial charge in [0, 0.05) is 31.9 Å². The lowest BCUT2D eigenvalue weighted by Gasteiger charge is -2.28. The van der Waals surface area contributed by atoms with Gasteiger partial charge in [-0.1, -0.05) is 48.5 Å². The molecule has 0 aliphatic heterocycles. The van der Waals surface area contributed by atoms with Crippen LogP contribution in [-0.4, -0.2) is 24.6 Å². The Balaban J connectivity index is 3.01. The van der Waals surface area contributed by atoms with Crippen LogP contribution in [0.2, 0.25) is 0 Å². The van der Waals surface area contributed by atoms with Gasteiger partial charge in [0.25, 0.3) is 0 Å². The smallest absolute Gasteiger partial charge is 0.128 e. The van der Waals surface area contributed by atoms with Crippen molar-refractivity contribution in [1.82, 2.24) is 10.3 Å². The van der Waals surface area contributed by atoms with Crippen molar-refractivity contribution in [3.8, 4) is 0 Å². The lowest BCUT2D eigenvalue weighted by molar-refractivity contribution is 0.417. The summed E-state index contributed by atoms with van der Waals surface area (Å²) < 4.78 is 0. The second-order valence-corrected chi connectivity index (χ2v) is 7.87. The Hall–Kier alpha value is -1.09. The van der Waals surface area contributed by atoms with E-state index in [0.717, 1.165) is 18.9 Å². The summed E-state index contributed by atoms with van der Waals surface area (Å²) in [5.74, 6) is 1.53. The minimum atomic E-state index is 0.264. The highest BCUT2D eigenvalue weighted by atomic mass is 15.2. The van der Waals surface area contributed by atoms with Crippen molar-refractivity contribution in [1.29, 1.82) is 0 Å². The van der Waals surface area contributed by atoms with Gasteiger partial charge in [-0.2, -0.15) is 0 Å². The van der Waals surface area contributed by atoms with Crippen molar-refractivity contribution < 1.29 is 0 Å². The van der Waals surface area contributed by atoms with E-state index in [0.29, 0.717) is 12.0 Å². The first kappa shape index (κ1) is 18.0. The summed E-state index contributed by atoms with van der Waals surface area (Å²) in [6.45, 7) is 17.4. The van der Waals surface area contributed by atoms with E-state index in [9.17, 15) is 0 Å². The zero-order chi connectivity index (χ0) is 16.2. The number of hydrogen-bond acceptors (Lipinski definition) is 3. The first-order valence-electron chi connectivity index (χ1n) is 8.04. The Bertz CT molecular complexity index is 444. The second-order valence-electron chi connectivity index (χ2n) is 7.87. The molecule has 1 aromatic rings. The van der Waals surface area contributed by atoms with Crippen molar-refractivity contribution in [2.75, 3.05) is 18.5 Å². The SMILES string of the molecule is CC(C)NCc1cc(C(C)C)nc(N(C)CC(C)(C)C)c1. The van der Waals surface area contributed by atoms with Crippen molar-refractivity contribution in [3.63, 3.8) is 0 Å². The zero-order valence-electron chi connectivity index (χ0n) is 15.1. The summed E-state index contributed by atoms with van der Waals surface area (Å²) in [4.78, 5) is 7.11. The highest BCUT2D eigenvalue weighted by Crippen LogP contribution is 2.23. The van der Waals surface area contributed by atoms with Crippen LogP contribution in [0.25, 0.3) is 0 Å². The van der Waals surface area contributed by atoms with E-state index >= 15 is 0 Å². The minimum Gasteiger partial charge on any atom is -0.359 e. The van der Waals surface area contributed by atoms with Gasteiger partial charge in [0.05, 0.1) is 0 Å². The Kier molecular flexibility index (Phi) is 6.21. The van der Waals surface area contributed by atoms with Crippen LogP contribution in [-0.2, 0) is 6.54 Å². The summed E-state index contributed by atoms with van der Waals surface area (Å²) in [6, 6.07) is 4.94. The molecule has 0 aliphatic carbocycles. The minimum absolute atomic E-state index is 0.264. The van der Waals surface area contributed by atoms with Gasteiger partial charge in [-0.25, -0.2) is 4.98 Å². The Morgan fingerprint density at radius 2 is 1.76 bits per heavy atom. The molecule has 0 amide bonds. The van der Waals surface area contributed by atoms with Crippen LogP contribution >= 0.6 is 0 Å². The van der Waals surface area contributed by atoms with E-state index in [1.54, 1.807) is 0 Å². The fourth-order valence-electron chi connectivity index (χ4n) is 2.30. The molecule has 120 valence electrons. The second kappa shape index (κ2) is 7.26. The van der Waals surface area contributed by atoms with Gasteiger partial charge in [0.1, 0.15) is 5.82 Å². The van der Waals surface area contributed by atoms with Crippen molar-refractivity contribution in [2.24, 2.45) is 5.41 Å². The number of anilines is 1. The van der Waals surface area contributed by atoms with E-state index in [2.05, 4.69) is 77.9 Å². The van der Waals surface area contributed by atoms with Gasteiger partial charge >= 0.3 is 0 Å². The maximum atomic E-state index is 4.84. The maximum absolute atomic E-state index is 4.84. The number of aromatic nitrogens is 1. The average Bonchev–Trinajstić information content (AvgIpc) is 2.33. The Morgan fingerprint density at radius 3 is 2.24 bits per heavy atom. The monoisotopic (exact) mass is 291 g/mol. The van der Waals surface area contributed by atoms with E-state index in [4.69, 9.17) is 4.98 Å². The molecule has 1 N–H and O–H groups in total. The molecule has 0 saturated heterocycles. The zero-order valence-corrected chi connectivity index (χ0v) is 15.1. The standard InChI is InChI=1S/C18H33N3/c1-13(2)16-9-15(11-19-14(3)4)10-17(20-16)21(8)12-18(5,6)7/h9-10,13-14,19H,11-12H2,1-8H3. The molecule has 0 unspecified atom stereocenters. The molecular formula is C18H33N3. The molecule has 0 saturated carbocycles. The summed E-state index contributed by atoms with van der Waals surface area (Å²) >= 11 is 0. The molecule has 3 nitrogen and oxygen atoms in total. The van der Waals surface area contributed by atoms with E-state index in [-0.39, 0.29) is 5.41 Å². The molecule has 0 aromatic carbocycles. The fourth-order valence-corrected chi connectivity index (χ4v) is 2.30. The molecule has 1 rings (SSSR count). The molecule has 3 heteroatoms. The largest absolute Gasteiger partial charge is 0.359 e. The summed E-state index contributed by atoms with van der Waals surface area (Å²) in [5, 5.41) is 3.50. The average molecular weight is 291 g/mol. The summed E-state index contributed by atoms with van der Waals surface area (Å²) in [6.07, 6.45) is 0. The number of hydrogen-bond donors (Lipinski definition) is 1. The molecular weight excluding hydrogens is 258 g/mol. The molecule has 0 fully saturated rings. The van der Waals surface area contributed by atoms with Crippen LogP contribution in [0.4, 0.5) is 5.82 Å². The Morgan fingerprint density at radius 1 is 1.14 bits per heavy atom. The van der Waals surface area contributed by atoms with Crippen LogP contribution in [0.5, 0.6) is 0 Å². The normalized spacial score (nSPS) is 12.3. The summed E-state index contributed by atoms with van der Waals surface area (Å²) in [7, 11) is 2.14. The van der Waals surface area contributed by atoms with Crippen molar-refractivity contribution in [2.45, 2.75) is 67.0 Å². The predicted octanol–water partition coefficient (Wildman–Crippen LogP) is 4.19. The first-order valence-corrected chi connectivity index (χ1v) is 8.04. The van der Waals surface area contributed by atoms with Gasteiger partial charge in [-0.3, -0.25) is 0 Å². The molecule has 21 heavy (non-hydrogen) atoms. The van der Waals surface area contributed by atoms with Crippen LogP contribution in [0, 0.1) is 5.41 Å². The van der Waals surface area contributed by atoms with Crippen LogP contribution < -0.4 is 10.2 Å². The third kappa shape index (κ3) is 6.47. The highest BCUT2D eigenvalue weighted by Gasteiger charge is 2.16. The molecule has 1 aromatic heterocycles. The van der Waals surface area contributed by atoms with Gasteiger partial charge in [0.15, 0.2) is 0 Å². The number of nitrogens with one attached hydrogen (secondary N) is 1. The lowest BCUT2D eigenvalue weighted by atomic mass is 9.96. The van der Waals surface area contributed by atoms with Gasteiger partial charge in [-0.05, 0) is 29.0 Å². The highest BCUT2D eigenvalue weighted by molar-refractivity contribution is 5.43. The van der Waals surface area contributed by atoms with E-state index in [1.165, 1.54) is 11.3 Å². The number of rotatable bonds is 6. The molecule has 0 aliphatic rings. The number of nitrogens with zero attached hydrogens (tertiary/aromatic N) is 2. The summed E-state index contributed by atoms with van der Waals surface area (Å²) in [5.41, 5.74) is 2.76. The van der Waals surface area contributed by atoms with Gasteiger partial charge in [0.2, 0.25) is 0 Å². The predicted molar refractivity (Wildman–Crippen MR) is 93.0 cm³/mol. The van der Waals surface area contributed by atoms with Crippen LogP contribution in [0.15, 0.2) is 12.1 Å². The number of pyridine rings is 1. The third-order valence-electron chi connectivity index (χ3n) is 3.30. The molecule has 0 bridgehead atoms. The first-order chi connectivity index (χ1) is 9.58. The quantitative estimate of drug-likeness (QED) is 0.852. The van der Waals surface area contributed by atoms with Crippen LogP contribution in [0.1, 0.15) is 65.6 Å². The topological polar surface area (TPSA) is 28.2 Å². The van der Waals surface area contributed by atoms with Crippen molar-refractivity contribution in [3.05, 3.63) is 23.4 Å². The lowest BCUT2D eigenvalue weighted by Crippen LogP contribution is -2.30. The molecule has 0 spiro atoms. The fraction of sp³-hybridized carbons (Fsp3) is 0.722. The van der Waals surface area contributed by atoms with E-state index < -0.39 is 0 Å². The van der Waals surface area contributed by atoms with Gasteiger partial charge < -0.3 is 10.2 Å². The maximum Gasteiger partial charge on any atom is 0.128 e. The molecule has 1 heterocycles. The Labute approximate surface area is 131 Å². The van der Waals surface area contributed by atoms with Gasteiger partial charge in [-0.15, -0.1) is 0 Å². The molecule has 0 radical (unpaired) electrons. The van der Waals surface area contributed by atoms with Crippen LogP contribution in [0.3, 0.4) is 0 Å². The van der Waals surface area contributed by atoms with Crippen molar-refractivity contribution >= 4 is 5.82 Å². The van der Waals surface area contributed by atoms with E-state index in [1.807, 2.05) is 0 Å². The molecule has 0 atom stereocenters. The third-order valence-corrected chi connectivity index (χ3v) is 3.30.